The molecule has 0 radical (unpaired) electrons. The number of rotatable bonds is 4. The van der Waals surface area contributed by atoms with Crippen molar-refractivity contribution < 1.29 is 0 Å². The number of hydrogen-bond donors (Lipinski definition) is 0. The fourth-order valence-electron chi connectivity index (χ4n) is 2.53. The lowest BCUT2D eigenvalue weighted by molar-refractivity contribution is 0.572. The van der Waals surface area contributed by atoms with Gasteiger partial charge in [0.15, 0.2) is 0 Å². The smallest absolute Gasteiger partial charge is 0.134 e. The zero-order valence-electron chi connectivity index (χ0n) is 11.8. The van der Waals surface area contributed by atoms with Gasteiger partial charge in [-0.25, -0.2) is 9.97 Å². The maximum atomic E-state index is 4.60. The van der Waals surface area contributed by atoms with Gasteiger partial charge in [0.2, 0.25) is 0 Å². The van der Waals surface area contributed by atoms with Gasteiger partial charge >= 0.3 is 0 Å². The van der Waals surface area contributed by atoms with Crippen LogP contribution in [0.4, 0.5) is 11.6 Å². The summed E-state index contributed by atoms with van der Waals surface area (Å²) in [6, 6.07) is 2.14. The Kier molecular flexibility index (Phi) is 4.39. The topological polar surface area (TPSA) is 32.3 Å². The van der Waals surface area contributed by atoms with Crippen molar-refractivity contribution in [2.75, 3.05) is 36.0 Å². The Bertz CT molecular complexity index is 381. The fraction of sp³-hybridized carbons (Fsp3) is 0.714. The van der Waals surface area contributed by atoms with Crippen molar-refractivity contribution in [3.8, 4) is 0 Å². The van der Waals surface area contributed by atoms with Gasteiger partial charge in [-0.1, -0.05) is 0 Å². The second kappa shape index (κ2) is 6.03. The van der Waals surface area contributed by atoms with E-state index >= 15 is 0 Å². The summed E-state index contributed by atoms with van der Waals surface area (Å²) in [6.45, 7) is 10.6. The number of piperidine rings is 1. The Balaban J connectivity index is 2.24. The first-order chi connectivity index (χ1) is 8.74. The van der Waals surface area contributed by atoms with E-state index in [-0.39, 0.29) is 0 Å². The Morgan fingerprint density at radius 3 is 2.39 bits per heavy atom. The third-order valence-corrected chi connectivity index (χ3v) is 3.58. The highest BCUT2D eigenvalue weighted by atomic mass is 15.2. The molecule has 1 fully saturated rings. The maximum Gasteiger partial charge on any atom is 0.134 e. The molecule has 2 rings (SSSR count). The second-order valence-corrected chi connectivity index (χ2v) is 4.85. The van der Waals surface area contributed by atoms with Gasteiger partial charge in [0, 0.05) is 32.2 Å². The molecule has 2 heterocycles. The number of aryl methyl sites for hydroxylation is 1. The molecule has 1 aliphatic heterocycles. The van der Waals surface area contributed by atoms with Crippen molar-refractivity contribution >= 4 is 11.6 Å². The molecule has 0 spiro atoms. The first-order valence-corrected chi connectivity index (χ1v) is 7.10. The molecule has 4 heteroatoms. The molecule has 18 heavy (non-hydrogen) atoms. The molecule has 1 aromatic heterocycles. The van der Waals surface area contributed by atoms with Crippen LogP contribution in [0.1, 0.15) is 38.9 Å². The van der Waals surface area contributed by atoms with Gasteiger partial charge in [0.1, 0.15) is 17.5 Å². The standard InChI is InChI=1S/C14H24N4/c1-4-17(5-2)13-11-14(16-12(3)15-13)18-9-7-6-8-10-18/h11H,4-10H2,1-3H3. The van der Waals surface area contributed by atoms with E-state index in [1.54, 1.807) is 0 Å². The van der Waals surface area contributed by atoms with Crippen LogP contribution in [0.15, 0.2) is 6.07 Å². The normalized spacial score (nSPS) is 15.8. The average molecular weight is 248 g/mol. The third kappa shape index (κ3) is 2.92. The van der Waals surface area contributed by atoms with Crippen molar-refractivity contribution in [3.05, 3.63) is 11.9 Å². The summed E-state index contributed by atoms with van der Waals surface area (Å²) in [4.78, 5) is 13.8. The second-order valence-electron chi connectivity index (χ2n) is 4.85. The lowest BCUT2D eigenvalue weighted by Crippen LogP contribution is -2.31. The van der Waals surface area contributed by atoms with Gasteiger partial charge in [-0.15, -0.1) is 0 Å². The van der Waals surface area contributed by atoms with Gasteiger partial charge in [-0.05, 0) is 40.0 Å². The highest BCUT2D eigenvalue weighted by Gasteiger charge is 2.15. The molecule has 0 unspecified atom stereocenters. The molecule has 0 bridgehead atoms. The number of nitrogens with zero attached hydrogens (tertiary/aromatic N) is 4. The third-order valence-electron chi connectivity index (χ3n) is 3.58. The van der Waals surface area contributed by atoms with Crippen LogP contribution in [-0.4, -0.2) is 36.1 Å². The van der Waals surface area contributed by atoms with Crippen LogP contribution >= 0.6 is 0 Å². The van der Waals surface area contributed by atoms with Gasteiger partial charge < -0.3 is 9.80 Å². The van der Waals surface area contributed by atoms with Crippen LogP contribution in [0.3, 0.4) is 0 Å². The Labute approximate surface area is 110 Å². The summed E-state index contributed by atoms with van der Waals surface area (Å²) >= 11 is 0. The summed E-state index contributed by atoms with van der Waals surface area (Å²) in [6.07, 6.45) is 3.91. The van der Waals surface area contributed by atoms with E-state index < -0.39 is 0 Å². The summed E-state index contributed by atoms with van der Waals surface area (Å²) < 4.78 is 0. The van der Waals surface area contributed by atoms with E-state index in [9.17, 15) is 0 Å². The van der Waals surface area contributed by atoms with Gasteiger partial charge in [0.25, 0.3) is 0 Å². The molecular weight excluding hydrogens is 224 g/mol. The first kappa shape index (κ1) is 13.1. The molecule has 0 saturated carbocycles. The lowest BCUT2D eigenvalue weighted by atomic mass is 10.1. The highest BCUT2D eigenvalue weighted by Crippen LogP contribution is 2.22. The Morgan fingerprint density at radius 1 is 1.11 bits per heavy atom. The molecule has 0 atom stereocenters. The van der Waals surface area contributed by atoms with E-state index in [2.05, 4.69) is 39.7 Å². The summed E-state index contributed by atoms with van der Waals surface area (Å²) in [5.41, 5.74) is 0. The zero-order valence-corrected chi connectivity index (χ0v) is 11.8. The van der Waals surface area contributed by atoms with E-state index in [1.807, 2.05) is 6.92 Å². The van der Waals surface area contributed by atoms with Crippen molar-refractivity contribution in [1.82, 2.24) is 9.97 Å². The Hall–Kier alpha value is -1.32. The molecule has 1 aromatic rings. The van der Waals surface area contributed by atoms with E-state index in [4.69, 9.17) is 0 Å². The summed E-state index contributed by atoms with van der Waals surface area (Å²) in [7, 11) is 0. The predicted octanol–water partition coefficient (Wildman–Crippen LogP) is 2.62. The van der Waals surface area contributed by atoms with Gasteiger partial charge in [-0.3, -0.25) is 0 Å². The molecule has 0 aromatic carbocycles. The van der Waals surface area contributed by atoms with E-state index in [0.717, 1.165) is 43.6 Å². The monoisotopic (exact) mass is 248 g/mol. The van der Waals surface area contributed by atoms with Crippen LogP contribution in [-0.2, 0) is 0 Å². The molecule has 1 saturated heterocycles. The number of aromatic nitrogens is 2. The first-order valence-electron chi connectivity index (χ1n) is 7.10. The minimum atomic E-state index is 0.875. The fourth-order valence-corrected chi connectivity index (χ4v) is 2.53. The van der Waals surface area contributed by atoms with Crippen LogP contribution in [0.25, 0.3) is 0 Å². The maximum absolute atomic E-state index is 4.60. The number of anilines is 2. The molecule has 4 nitrogen and oxygen atoms in total. The molecule has 100 valence electrons. The van der Waals surface area contributed by atoms with Crippen LogP contribution in [0.2, 0.25) is 0 Å². The van der Waals surface area contributed by atoms with Crippen molar-refractivity contribution in [2.45, 2.75) is 40.0 Å². The van der Waals surface area contributed by atoms with Crippen molar-refractivity contribution in [3.63, 3.8) is 0 Å². The van der Waals surface area contributed by atoms with Crippen molar-refractivity contribution in [1.29, 1.82) is 0 Å². The van der Waals surface area contributed by atoms with Crippen LogP contribution in [0.5, 0.6) is 0 Å². The van der Waals surface area contributed by atoms with Crippen LogP contribution < -0.4 is 9.80 Å². The van der Waals surface area contributed by atoms with Gasteiger partial charge in [0.05, 0.1) is 0 Å². The summed E-state index contributed by atoms with van der Waals surface area (Å²) in [5, 5.41) is 0. The van der Waals surface area contributed by atoms with Gasteiger partial charge in [-0.2, -0.15) is 0 Å². The quantitative estimate of drug-likeness (QED) is 0.820. The number of hydrogen-bond acceptors (Lipinski definition) is 4. The predicted molar refractivity (Wildman–Crippen MR) is 76.4 cm³/mol. The zero-order chi connectivity index (χ0) is 13.0. The highest BCUT2D eigenvalue weighted by molar-refractivity contribution is 5.51. The Morgan fingerprint density at radius 2 is 1.78 bits per heavy atom. The van der Waals surface area contributed by atoms with Crippen molar-refractivity contribution in [2.24, 2.45) is 0 Å². The van der Waals surface area contributed by atoms with Crippen LogP contribution in [0, 0.1) is 6.92 Å². The SMILES string of the molecule is CCN(CC)c1cc(N2CCCCC2)nc(C)n1. The van der Waals surface area contributed by atoms with E-state index in [1.165, 1.54) is 19.3 Å². The lowest BCUT2D eigenvalue weighted by Gasteiger charge is -2.29. The minimum absolute atomic E-state index is 0.875. The van der Waals surface area contributed by atoms with E-state index in [0.29, 0.717) is 0 Å². The summed E-state index contributed by atoms with van der Waals surface area (Å²) in [5.74, 6) is 3.04. The molecule has 0 aliphatic carbocycles. The average Bonchev–Trinajstić information content (AvgIpc) is 2.40. The minimum Gasteiger partial charge on any atom is -0.357 e. The molecule has 1 aliphatic rings. The molecule has 0 N–H and O–H groups in total. The largest absolute Gasteiger partial charge is 0.357 e. The molecule has 0 amide bonds. The molecular formula is C14H24N4.